The Kier molecular flexibility index (Phi) is 2.46. The van der Waals surface area contributed by atoms with Gasteiger partial charge >= 0.3 is 0 Å². The summed E-state index contributed by atoms with van der Waals surface area (Å²) in [5, 5.41) is 0. The Bertz CT molecular complexity index is 320. The van der Waals surface area contributed by atoms with Gasteiger partial charge in [-0.25, -0.2) is 0 Å². The van der Waals surface area contributed by atoms with Gasteiger partial charge in [-0.15, -0.1) is 0 Å². The van der Waals surface area contributed by atoms with Crippen molar-refractivity contribution in [3.63, 3.8) is 0 Å². The number of fused-ring (bicyclic) bond motifs is 1. The first-order chi connectivity index (χ1) is 6.70. The van der Waals surface area contributed by atoms with E-state index in [9.17, 15) is 0 Å². The summed E-state index contributed by atoms with van der Waals surface area (Å²) in [7, 11) is 6.49. The van der Waals surface area contributed by atoms with Crippen molar-refractivity contribution < 1.29 is 0 Å². The van der Waals surface area contributed by atoms with Gasteiger partial charge in [-0.1, -0.05) is 18.2 Å². The maximum absolute atomic E-state index is 2.34. The topological polar surface area (TPSA) is 6.48 Å². The maximum atomic E-state index is 2.34. The lowest BCUT2D eigenvalue weighted by molar-refractivity contribution is 0.279. The minimum absolute atomic E-state index is 0.586. The first-order valence-electron chi connectivity index (χ1n) is 5.16. The smallest absolute Gasteiger partial charge is 0.0412 e. The van der Waals surface area contributed by atoms with Gasteiger partial charge in [-0.2, -0.15) is 0 Å². The molecule has 1 heterocycles. The standard InChI is InChI=1S/C12H18N2/c1-13(2)11-8-9-14(3)12-7-5-4-6-10(11)12/h4-7,11H,8-9H2,1-3H3. The molecule has 1 aliphatic rings. The molecule has 2 heteroatoms. The Morgan fingerprint density at radius 3 is 2.71 bits per heavy atom. The highest BCUT2D eigenvalue weighted by Gasteiger charge is 2.23. The Morgan fingerprint density at radius 1 is 1.29 bits per heavy atom. The van der Waals surface area contributed by atoms with Crippen LogP contribution < -0.4 is 4.90 Å². The van der Waals surface area contributed by atoms with Crippen molar-refractivity contribution >= 4 is 5.69 Å². The van der Waals surface area contributed by atoms with E-state index in [4.69, 9.17) is 0 Å². The second kappa shape index (κ2) is 3.62. The highest BCUT2D eigenvalue weighted by atomic mass is 15.2. The van der Waals surface area contributed by atoms with Crippen molar-refractivity contribution in [3.8, 4) is 0 Å². The van der Waals surface area contributed by atoms with Gasteiger partial charge in [-0.05, 0) is 32.1 Å². The van der Waals surface area contributed by atoms with Crippen LogP contribution in [0.15, 0.2) is 24.3 Å². The molecule has 1 aromatic rings. The first-order valence-corrected chi connectivity index (χ1v) is 5.16. The number of nitrogens with zero attached hydrogens (tertiary/aromatic N) is 2. The fraction of sp³-hybridized carbons (Fsp3) is 0.500. The molecule has 1 aliphatic heterocycles. The summed E-state index contributed by atoms with van der Waals surface area (Å²) >= 11 is 0. The zero-order chi connectivity index (χ0) is 10.1. The summed E-state index contributed by atoms with van der Waals surface area (Å²) in [4.78, 5) is 4.65. The van der Waals surface area contributed by atoms with Crippen molar-refractivity contribution in [1.82, 2.24) is 4.90 Å². The SMILES string of the molecule is CN1CCC(N(C)C)c2ccccc21. The number of rotatable bonds is 1. The quantitative estimate of drug-likeness (QED) is 0.669. The van der Waals surface area contributed by atoms with Gasteiger partial charge in [-0.3, -0.25) is 0 Å². The van der Waals surface area contributed by atoms with E-state index in [1.807, 2.05) is 0 Å². The molecule has 14 heavy (non-hydrogen) atoms. The molecule has 0 amide bonds. The summed E-state index contributed by atoms with van der Waals surface area (Å²) < 4.78 is 0. The van der Waals surface area contributed by atoms with Gasteiger partial charge in [0.25, 0.3) is 0 Å². The van der Waals surface area contributed by atoms with Crippen LogP contribution in [0.25, 0.3) is 0 Å². The van der Waals surface area contributed by atoms with Crippen LogP contribution in [0.4, 0.5) is 5.69 Å². The maximum Gasteiger partial charge on any atom is 0.0412 e. The third-order valence-corrected chi connectivity index (χ3v) is 3.07. The van der Waals surface area contributed by atoms with E-state index in [1.54, 1.807) is 0 Å². The normalized spacial score (nSPS) is 21.1. The van der Waals surface area contributed by atoms with Crippen molar-refractivity contribution in [1.29, 1.82) is 0 Å². The summed E-state index contributed by atoms with van der Waals surface area (Å²) in [5.74, 6) is 0. The highest BCUT2D eigenvalue weighted by Crippen LogP contribution is 2.34. The van der Waals surface area contributed by atoms with Crippen LogP contribution in [-0.2, 0) is 0 Å². The fourth-order valence-corrected chi connectivity index (χ4v) is 2.25. The van der Waals surface area contributed by atoms with Crippen LogP contribution >= 0.6 is 0 Å². The van der Waals surface area contributed by atoms with Crippen molar-refractivity contribution in [2.45, 2.75) is 12.5 Å². The van der Waals surface area contributed by atoms with Gasteiger partial charge in [0.05, 0.1) is 0 Å². The average molecular weight is 190 g/mol. The lowest BCUT2D eigenvalue weighted by atomic mass is 9.96. The molecule has 1 unspecified atom stereocenters. The van der Waals surface area contributed by atoms with E-state index < -0.39 is 0 Å². The fourth-order valence-electron chi connectivity index (χ4n) is 2.25. The highest BCUT2D eigenvalue weighted by molar-refractivity contribution is 5.56. The Balaban J connectivity index is 2.41. The summed E-state index contributed by atoms with van der Waals surface area (Å²) in [5.41, 5.74) is 2.85. The van der Waals surface area contributed by atoms with Crippen molar-refractivity contribution in [2.75, 3.05) is 32.6 Å². The van der Waals surface area contributed by atoms with Crippen molar-refractivity contribution in [3.05, 3.63) is 29.8 Å². The summed E-state index contributed by atoms with van der Waals surface area (Å²) in [6.07, 6.45) is 1.22. The zero-order valence-electron chi connectivity index (χ0n) is 9.20. The van der Waals surface area contributed by atoms with E-state index in [-0.39, 0.29) is 0 Å². The van der Waals surface area contributed by atoms with E-state index in [2.05, 4.69) is 55.2 Å². The lowest BCUT2D eigenvalue weighted by Crippen LogP contribution is -2.32. The molecule has 1 aromatic carbocycles. The van der Waals surface area contributed by atoms with Gasteiger partial charge < -0.3 is 9.80 Å². The molecule has 0 saturated heterocycles. The number of hydrogen-bond donors (Lipinski definition) is 0. The molecule has 0 spiro atoms. The van der Waals surface area contributed by atoms with Crippen LogP contribution in [0.2, 0.25) is 0 Å². The number of anilines is 1. The molecule has 2 nitrogen and oxygen atoms in total. The van der Waals surface area contributed by atoms with Gasteiger partial charge in [0.2, 0.25) is 0 Å². The minimum atomic E-state index is 0.586. The van der Waals surface area contributed by atoms with Gasteiger partial charge in [0.1, 0.15) is 0 Å². The first kappa shape index (κ1) is 9.53. The third-order valence-electron chi connectivity index (χ3n) is 3.07. The number of para-hydroxylation sites is 1. The summed E-state index contributed by atoms with van der Waals surface area (Å²) in [6, 6.07) is 9.30. The van der Waals surface area contributed by atoms with Gasteiger partial charge in [0, 0.05) is 25.3 Å². The predicted molar refractivity (Wildman–Crippen MR) is 60.8 cm³/mol. The minimum Gasteiger partial charge on any atom is -0.374 e. The van der Waals surface area contributed by atoms with Crippen LogP contribution in [0.3, 0.4) is 0 Å². The monoisotopic (exact) mass is 190 g/mol. The van der Waals surface area contributed by atoms with E-state index in [0.29, 0.717) is 6.04 Å². The second-order valence-electron chi connectivity index (χ2n) is 4.25. The van der Waals surface area contributed by atoms with Gasteiger partial charge in [0.15, 0.2) is 0 Å². The molecule has 0 fully saturated rings. The molecule has 2 rings (SSSR count). The summed E-state index contributed by atoms with van der Waals surface area (Å²) in [6.45, 7) is 1.15. The number of benzene rings is 1. The van der Waals surface area contributed by atoms with E-state index in [1.165, 1.54) is 17.7 Å². The zero-order valence-corrected chi connectivity index (χ0v) is 9.20. The van der Waals surface area contributed by atoms with Crippen LogP contribution in [0.1, 0.15) is 18.0 Å². The lowest BCUT2D eigenvalue weighted by Gasteiger charge is -2.36. The molecule has 0 radical (unpaired) electrons. The largest absolute Gasteiger partial charge is 0.374 e. The molecular formula is C12H18N2. The molecule has 0 saturated carbocycles. The molecule has 0 aliphatic carbocycles. The van der Waals surface area contributed by atoms with E-state index in [0.717, 1.165) is 6.54 Å². The van der Waals surface area contributed by atoms with Crippen LogP contribution in [0.5, 0.6) is 0 Å². The molecule has 0 bridgehead atoms. The van der Waals surface area contributed by atoms with Crippen LogP contribution in [-0.4, -0.2) is 32.6 Å². The Morgan fingerprint density at radius 2 is 2.00 bits per heavy atom. The second-order valence-corrected chi connectivity index (χ2v) is 4.25. The van der Waals surface area contributed by atoms with E-state index >= 15 is 0 Å². The predicted octanol–water partition coefficient (Wildman–Crippen LogP) is 2.13. The van der Waals surface area contributed by atoms with Crippen LogP contribution in [0, 0.1) is 0 Å². The molecular weight excluding hydrogens is 172 g/mol. The molecule has 0 aromatic heterocycles. The Labute approximate surface area is 86.1 Å². The van der Waals surface area contributed by atoms with Crippen molar-refractivity contribution in [2.24, 2.45) is 0 Å². The molecule has 0 N–H and O–H groups in total. The Hall–Kier alpha value is -1.02. The molecule has 1 atom stereocenters. The third kappa shape index (κ3) is 1.50. The number of hydrogen-bond acceptors (Lipinski definition) is 2. The average Bonchev–Trinajstić information content (AvgIpc) is 2.18. The molecule has 76 valence electrons.